The molecule has 6 aliphatic carbocycles. The maximum atomic E-state index is 16.1. The Morgan fingerprint density at radius 3 is 1.04 bits per heavy atom. The Morgan fingerprint density at radius 1 is 0.386 bits per heavy atom. The van der Waals surface area contributed by atoms with Crippen LogP contribution in [0.2, 0.25) is 0 Å². The number of carbonyl (C=O) groups excluding carboxylic acids is 9. The van der Waals surface area contributed by atoms with Crippen LogP contribution in [0.3, 0.4) is 0 Å². The number of hydrogen-bond donors (Lipinski definition) is 3. The molecule has 18 rings (SSSR count). The van der Waals surface area contributed by atoms with Crippen molar-refractivity contribution in [1.29, 1.82) is 0 Å². The van der Waals surface area contributed by atoms with E-state index in [-0.39, 0.29) is 152 Å². The number of ether oxygens (including phenoxy) is 9. The number of alkyl carbamates (subject to hydrolysis) is 3. The van der Waals surface area contributed by atoms with Crippen LogP contribution in [0.4, 0.5) is 62.7 Å². The van der Waals surface area contributed by atoms with E-state index in [1.807, 2.05) is 67.3 Å². The van der Waals surface area contributed by atoms with Crippen molar-refractivity contribution in [2.75, 3.05) is 19.6 Å². The second-order valence-electron chi connectivity index (χ2n) is 43.5. The topological polar surface area (TPSA) is 360 Å². The van der Waals surface area contributed by atoms with Crippen molar-refractivity contribution in [1.82, 2.24) is 60.6 Å². The molecular weight excluding hydrogens is 2030 g/mol. The van der Waals surface area contributed by atoms with Gasteiger partial charge in [-0.2, -0.15) is 8.78 Å². The quantitative estimate of drug-likeness (QED) is 0.0724. The molecule has 145 heavy (non-hydrogen) atoms. The van der Waals surface area contributed by atoms with Gasteiger partial charge in [0.05, 0.1) is 52.7 Å². The molecule has 789 valence electrons. The number of aromatic nitrogens is 6. The van der Waals surface area contributed by atoms with Gasteiger partial charge in [-0.05, 0) is 214 Å². The molecule has 6 amide bonds. The molecule has 6 aromatic rings. The van der Waals surface area contributed by atoms with E-state index in [1.165, 1.54) is 39.0 Å². The zero-order valence-corrected chi connectivity index (χ0v) is 86.8. The first-order chi connectivity index (χ1) is 66.9. The summed E-state index contributed by atoms with van der Waals surface area (Å²) in [4.78, 5) is 150. The summed E-state index contributed by atoms with van der Waals surface area (Å²) in [6.45, 7) is 21.4. The summed E-state index contributed by atoms with van der Waals surface area (Å²) in [6, 6.07) is 4.43. The van der Waals surface area contributed by atoms with Gasteiger partial charge in [0.1, 0.15) is 83.4 Å². The number of benzene rings is 3. The van der Waals surface area contributed by atoms with Crippen LogP contribution < -0.4 is 44.4 Å². The van der Waals surface area contributed by atoms with Crippen molar-refractivity contribution in [3.63, 3.8) is 0 Å². The molecule has 3 radical (unpaired) electrons. The molecule has 6 saturated carbocycles. The molecule has 24 atom stereocenters. The van der Waals surface area contributed by atoms with E-state index in [9.17, 15) is 82.7 Å². The van der Waals surface area contributed by atoms with Gasteiger partial charge >= 0.3 is 37.4 Å². The van der Waals surface area contributed by atoms with Gasteiger partial charge in [-0.25, -0.2) is 63.1 Å². The third-order valence-corrected chi connectivity index (χ3v) is 30.6. The molecule has 9 fully saturated rings. The third kappa shape index (κ3) is 26.2. The number of halogens is 11. The summed E-state index contributed by atoms with van der Waals surface area (Å²) in [7, 11) is 0. The van der Waals surface area contributed by atoms with Crippen molar-refractivity contribution < 1.29 is 190 Å². The van der Waals surface area contributed by atoms with Crippen LogP contribution >= 0.6 is 0 Å². The van der Waals surface area contributed by atoms with Crippen LogP contribution in [0.5, 0.6) is 34.9 Å². The SMILES string of the molecule is CC[C@@H]1[C@@H]2CN(C(=O)[C@H](C(C)(C)C)NC(=O)O[C@@H]3CC4CC4[C@H]3CCCCC(F)(F)c3nc4ccc(OC(F)(F)F)cc4nc3O2)[C@@H]1[C-]=O.CC[C@@H]1[C@@H]2CN(C(=O)[C@H](C(C)(C)C)NC(=O)O[C@@H]3CC4CC4[C@H]3CCCCCc3nc4ccc(OC(F)(F)F)cc4nc3O2)[C@@H]1[C-]=O.C[C@@H]1[C@@H]2CN(C(=O)[C@H](C(C)(C)C)NC(=O)O[C@@H]3CC4CC4[C@H]3CCCCCc3nc4ccc(OC(F)(F)F)cc4nc3O2)[C@@H]1[C-]=O.[V].[V].[V]. The van der Waals surface area contributed by atoms with Crippen LogP contribution in [-0.2, 0) is 117 Å². The van der Waals surface area contributed by atoms with Gasteiger partial charge in [-0.3, -0.25) is 14.4 Å². The number of aryl methyl sites for hydroxylation is 2. The Kier molecular flexibility index (Phi) is 34.9. The molecule has 44 heteroatoms. The van der Waals surface area contributed by atoms with Crippen LogP contribution in [-0.4, -0.2) is 211 Å². The fourth-order valence-corrected chi connectivity index (χ4v) is 23.1. The summed E-state index contributed by atoms with van der Waals surface area (Å²) >= 11 is 0. The molecule has 9 heterocycles. The van der Waals surface area contributed by atoms with Crippen molar-refractivity contribution in [2.45, 2.75) is 322 Å². The number of rotatable bonds is 8. The van der Waals surface area contributed by atoms with Gasteiger partial charge < -0.3 is 87.7 Å². The maximum absolute atomic E-state index is 16.1. The van der Waals surface area contributed by atoms with Crippen LogP contribution in [0.1, 0.15) is 229 Å². The third-order valence-electron chi connectivity index (χ3n) is 30.6. The van der Waals surface area contributed by atoms with Gasteiger partial charge in [-0.15, -0.1) is 39.5 Å². The van der Waals surface area contributed by atoms with Crippen molar-refractivity contribution >= 4 is 88.0 Å². The van der Waals surface area contributed by atoms with Gasteiger partial charge in [0.2, 0.25) is 35.4 Å². The molecule has 30 nitrogen and oxygen atoms in total. The largest absolute Gasteiger partial charge is 0.573 e. The van der Waals surface area contributed by atoms with Crippen molar-refractivity contribution in [2.24, 2.45) is 87.3 Å². The van der Waals surface area contributed by atoms with Crippen LogP contribution in [0, 0.1) is 87.3 Å². The molecule has 0 spiro atoms. The number of alkyl halides is 11. The van der Waals surface area contributed by atoms with E-state index in [0.29, 0.717) is 96.5 Å². The molecule has 3 saturated heterocycles. The minimum absolute atomic E-state index is 0. The average molecular weight is 2150 g/mol. The van der Waals surface area contributed by atoms with Gasteiger partial charge in [-0.1, -0.05) is 146 Å². The Labute approximate surface area is 868 Å². The summed E-state index contributed by atoms with van der Waals surface area (Å²) in [5.74, 6) is -5.04. The molecule has 6 aliphatic heterocycles. The Hall–Kier alpha value is -9.31. The fraction of sp³-hybridized carbons (Fsp3) is 0.673. The molecule has 6 bridgehead atoms. The second-order valence-corrected chi connectivity index (χ2v) is 43.5. The van der Waals surface area contributed by atoms with E-state index >= 15 is 8.78 Å². The van der Waals surface area contributed by atoms with Crippen LogP contribution in [0.25, 0.3) is 33.1 Å². The molecule has 6 unspecified atom stereocenters. The number of nitrogens with zero attached hydrogens (tertiary/aromatic N) is 9. The first kappa shape index (κ1) is 113. The van der Waals surface area contributed by atoms with Gasteiger partial charge in [0.15, 0.2) is 5.69 Å². The number of nitrogens with one attached hydrogen (secondary N) is 3. The molecule has 3 N–H and O–H groups in total. The Morgan fingerprint density at radius 2 is 0.703 bits per heavy atom. The van der Waals surface area contributed by atoms with Crippen molar-refractivity contribution in [3.05, 3.63) is 71.7 Å². The Balaban J connectivity index is 0.000000180. The second kappa shape index (κ2) is 44.8. The predicted molar refractivity (Wildman–Crippen MR) is 488 cm³/mol. The summed E-state index contributed by atoms with van der Waals surface area (Å²) in [5, 5.41) is 8.39. The number of carbonyl (C=O) groups is 6. The monoisotopic (exact) mass is 2150 g/mol. The molecule has 3 aromatic carbocycles. The Bertz CT molecular complexity index is 5700. The zero-order valence-electron chi connectivity index (χ0n) is 82.6. The summed E-state index contributed by atoms with van der Waals surface area (Å²) in [5.41, 5.74) is -1.11. The number of hydrogen-bond acceptors (Lipinski definition) is 24. The number of amides is 6. The first-order valence-corrected chi connectivity index (χ1v) is 49.5. The molecule has 12 aliphatic rings. The predicted octanol–water partition coefficient (Wildman–Crippen LogP) is 17.9. The first-order valence-electron chi connectivity index (χ1n) is 49.5. The maximum Gasteiger partial charge on any atom is 0.573 e. The van der Waals surface area contributed by atoms with Gasteiger partial charge in [0, 0.05) is 80.3 Å². The number of fused-ring (bicyclic) bond motifs is 21. The summed E-state index contributed by atoms with van der Waals surface area (Å²) < 4.78 is 198. The van der Waals surface area contributed by atoms with Crippen molar-refractivity contribution in [3.8, 4) is 34.9 Å². The smallest absolute Gasteiger partial charge is 0.540 e. The van der Waals surface area contributed by atoms with E-state index in [4.69, 9.17) is 38.4 Å². The normalized spacial score (nSPS) is 31.3. The summed E-state index contributed by atoms with van der Waals surface area (Å²) in [6.07, 6.45) is 0.762. The fourth-order valence-electron chi connectivity index (χ4n) is 23.1. The average Bonchev–Trinajstić information content (AvgIpc) is 1.60. The minimum atomic E-state index is -5.00. The molecule has 3 aromatic heterocycles. The van der Waals surface area contributed by atoms with E-state index in [0.717, 1.165) is 114 Å². The standard InChI is InChI=1S/C34H40F5N4O6.C34H42F3N4O6.C33H40F3N4O6.3V/c1-5-19-24(16-44)43-15-26(19)47-29-27(40-22-10-9-18(14-23(22)41-29)49-34(37,38)39)33(35,36)11-7-6-8-20-21-12-17(21)13-25(20)48-31(46)42-28(30(43)45)32(2,3)4;1-5-20-26(17-42)41-16-28(20)45-30-24(38-23-12-11-19(15-25(23)39-30)47-34(35,36)37)10-8-6-7-9-21-22-13-18(22)14-27(21)46-32(44)40-29(31(41)43)33(2,3)4;1-17-25(16-41)40-15-27(17)44-29-23(37-22-11-10-19(14-24(22)38-29)46-33(34,35)36)9-7-5-6-8-20-21-12-18(21)13-26(20)45-31(43)39-28(30(40)42)32(2,3)4;;;/h9-10,14,17,19-21,24-26,28H,5-8,11-13,15H2,1-4H3,(H,42,46);11-12,15,18,20-22,26-29H,5-10,13-14,16H2,1-4H3,(H,40,44);10-11,14,17-18,20-21,25-28H,5-9,12-13,15H2,1-4H3,(H,39,43);;;/q3*-1;;;/t17?,19-,20+,21?,24+,25+,26-,28+;18?,20-,21+,22?,26+,27+,28-,29+;17-,18?,20+,21?,25+,26+,27-,28+;;;/m000.../s1. The van der Waals surface area contributed by atoms with Gasteiger partial charge in [0.25, 0.3) is 5.92 Å². The van der Waals surface area contributed by atoms with Crippen LogP contribution in [0.15, 0.2) is 54.6 Å². The van der Waals surface area contributed by atoms with E-state index in [2.05, 4.69) is 50.1 Å². The molecular formula is C101H122F11N12O18V3-3. The minimum Gasteiger partial charge on any atom is -0.540 e. The zero-order chi connectivity index (χ0) is 102. The van der Waals surface area contributed by atoms with E-state index in [1.54, 1.807) is 34.6 Å². The van der Waals surface area contributed by atoms with E-state index < -0.39 is 191 Å².